The molecule has 0 saturated heterocycles. The number of fused-ring (bicyclic) bond motifs is 1. The van der Waals surface area contributed by atoms with Gasteiger partial charge < -0.3 is 10.0 Å². The smallest absolute Gasteiger partial charge is 0.323 e. The molecule has 1 aliphatic heterocycles. The third-order valence-electron chi connectivity index (χ3n) is 2.97. The number of aliphatic carboxylic acids is 1. The standard InChI is InChI=1S/C13H16N2O4S/c1-13(2,3)15(8-11(16)17)12-9-6-4-5-7-10(9)20(18,19)14-12/h4-7H,8H2,1-3H3,(H,16,17). The lowest BCUT2D eigenvalue weighted by molar-refractivity contribution is -0.138. The summed E-state index contributed by atoms with van der Waals surface area (Å²) in [6.07, 6.45) is 0. The second-order valence-corrected chi connectivity index (χ2v) is 7.11. The first-order chi connectivity index (χ1) is 9.13. The lowest BCUT2D eigenvalue weighted by Gasteiger charge is -2.35. The first-order valence-corrected chi connectivity index (χ1v) is 7.51. The zero-order valence-corrected chi connectivity index (χ0v) is 12.3. The molecule has 108 valence electrons. The third-order valence-corrected chi connectivity index (χ3v) is 4.30. The van der Waals surface area contributed by atoms with Crippen LogP contribution in [0.4, 0.5) is 0 Å². The molecule has 0 aromatic heterocycles. The van der Waals surface area contributed by atoms with E-state index in [1.165, 1.54) is 11.0 Å². The maximum atomic E-state index is 12.0. The van der Waals surface area contributed by atoms with Gasteiger partial charge in [-0.3, -0.25) is 4.79 Å². The predicted molar refractivity (Wildman–Crippen MR) is 74.3 cm³/mol. The van der Waals surface area contributed by atoms with Crippen LogP contribution in [0.3, 0.4) is 0 Å². The summed E-state index contributed by atoms with van der Waals surface area (Å²) in [6.45, 7) is 5.12. The zero-order valence-electron chi connectivity index (χ0n) is 11.5. The zero-order chi connectivity index (χ0) is 15.1. The molecular weight excluding hydrogens is 280 g/mol. The predicted octanol–water partition coefficient (Wildman–Crippen LogP) is 1.32. The minimum atomic E-state index is -3.74. The van der Waals surface area contributed by atoms with Gasteiger partial charge in [-0.05, 0) is 32.9 Å². The number of nitrogens with zero attached hydrogens (tertiary/aromatic N) is 2. The maximum absolute atomic E-state index is 12.0. The summed E-state index contributed by atoms with van der Waals surface area (Å²) in [6, 6.07) is 6.44. The largest absolute Gasteiger partial charge is 0.480 e. The van der Waals surface area contributed by atoms with Gasteiger partial charge in [0, 0.05) is 11.1 Å². The van der Waals surface area contributed by atoms with Crippen molar-refractivity contribution in [1.29, 1.82) is 0 Å². The van der Waals surface area contributed by atoms with Gasteiger partial charge in [-0.2, -0.15) is 8.42 Å². The van der Waals surface area contributed by atoms with E-state index in [0.717, 1.165) is 0 Å². The van der Waals surface area contributed by atoms with Gasteiger partial charge in [-0.25, -0.2) is 0 Å². The topological polar surface area (TPSA) is 87.0 Å². The lowest BCUT2D eigenvalue weighted by atomic mass is 10.0. The number of hydrogen-bond donors (Lipinski definition) is 1. The SMILES string of the molecule is CC(C)(C)N(CC(=O)O)C1=NS(=O)(=O)c2ccccc21. The fourth-order valence-electron chi connectivity index (χ4n) is 2.05. The van der Waals surface area contributed by atoms with Gasteiger partial charge in [0.15, 0.2) is 5.84 Å². The highest BCUT2D eigenvalue weighted by Gasteiger charge is 2.36. The number of carbonyl (C=O) groups is 1. The third kappa shape index (κ3) is 2.53. The van der Waals surface area contributed by atoms with Gasteiger partial charge in [-0.15, -0.1) is 4.40 Å². The van der Waals surface area contributed by atoms with Crippen LogP contribution in [0.1, 0.15) is 26.3 Å². The van der Waals surface area contributed by atoms with Crippen molar-refractivity contribution in [2.24, 2.45) is 4.40 Å². The number of benzene rings is 1. The van der Waals surface area contributed by atoms with Gasteiger partial charge >= 0.3 is 5.97 Å². The Morgan fingerprint density at radius 1 is 1.30 bits per heavy atom. The highest BCUT2D eigenvalue weighted by Crippen LogP contribution is 2.30. The quantitative estimate of drug-likeness (QED) is 0.889. The van der Waals surface area contributed by atoms with Gasteiger partial charge in [0.1, 0.15) is 11.4 Å². The lowest BCUT2D eigenvalue weighted by Crippen LogP contribution is -2.48. The molecule has 0 atom stereocenters. The van der Waals surface area contributed by atoms with Crippen molar-refractivity contribution in [2.45, 2.75) is 31.2 Å². The number of sulfonamides is 1. The molecule has 0 fully saturated rings. The maximum Gasteiger partial charge on any atom is 0.323 e. The summed E-state index contributed by atoms with van der Waals surface area (Å²) in [5, 5.41) is 9.04. The monoisotopic (exact) mass is 296 g/mol. The van der Waals surface area contributed by atoms with Gasteiger partial charge in [-0.1, -0.05) is 12.1 Å². The minimum Gasteiger partial charge on any atom is -0.480 e. The molecule has 6 nitrogen and oxygen atoms in total. The summed E-state index contributed by atoms with van der Waals surface area (Å²) in [5.74, 6) is -0.847. The molecule has 0 radical (unpaired) electrons. The first kappa shape index (κ1) is 14.5. The van der Waals surface area contributed by atoms with Crippen molar-refractivity contribution in [1.82, 2.24) is 4.90 Å². The van der Waals surface area contributed by atoms with Crippen LogP contribution in [0.5, 0.6) is 0 Å². The van der Waals surface area contributed by atoms with Gasteiger partial charge in [0.05, 0.1) is 0 Å². The van der Waals surface area contributed by atoms with Crippen molar-refractivity contribution >= 4 is 21.8 Å². The second-order valence-electron chi connectivity index (χ2n) is 5.54. The number of rotatable bonds is 2. The minimum absolute atomic E-state index is 0.120. The Kier molecular flexibility index (Phi) is 3.33. The molecule has 1 aromatic rings. The Labute approximate surface area is 117 Å². The van der Waals surface area contributed by atoms with E-state index in [2.05, 4.69) is 4.40 Å². The van der Waals surface area contributed by atoms with Crippen LogP contribution in [-0.2, 0) is 14.8 Å². The Balaban J connectivity index is 2.59. The fourth-order valence-corrected chi connectivity index (χ4v) is 3.26. The number of amidine groups is 1. The normalized spacial score (nSPS) is 16.4. The summed E-state index contributed by atoms with van der Waals surface area (Å²) < 4.78 is 27.8. The van der Waals surface area contributed by atoms with Crippen LogP contribution in [-0.4, -0.2) is 42.3 Å². The van der Waals surface area contributed by atoms with E-state index >= 15 is 0 Å². The van der Waals surface area contributed by atoms with E-state index in [1.807, 2.05) is 20.8 Å². The van der Waals surface area contributed by atoms with E-state index in [1.54, 1.807) is 18.2 Å². The van der Waals surface area contributed by atoms with Crippen LogP contribution in [0.15, 0.2) is 33.6 Å². The fraction of sp³-hybridized carbons (Fsp3) is 0.385. The molecule has 0 amide bonds. The average Bonchev–Trinajstić information content (AvgIpc) is 2.57. The van der Waals surface area contributed by atoms with Crippen LogP contribution < -0.4 is 0 Å². The Hall–Kier alpha value is -1.89. The van der Waals surface area contributed by atoms with Crippen LogP contribution >= 0.6 is 0 Å². The van der Waals surface area contributed by atoms with Crippen molar-refractivity contribution in [3.8, 4) is 0 Å². The summed E-state index contributed by atoms with van der Waals surface area (Å²) >= 11 is 0. The molecule has 0 unspecified atom stereocenters. The molecule has 1 aliphatic rings. The highest BCUT2D eigenvalue weighted by molar-refractivity contribution is 7.90. The van der Waals surface area contributed by atoms with E-state index in [-0.39, 0.29) is 17.3 Å². The molecule has 0 aliphatic carbocycles. The number of carboxylic acids is 1. The van der Waals surface area contributed by atoms with E-state index in [9.17, 15) is 13.2 Å². The molecule has 20 heavy (non-hydrogen) atoms. The molecule has 7 heteroatoms. The van der Waals surface area contributed by atoms with E-state index in [4.69, 9.17) is 5.11 Å². The molecule has 0 spiro atoms. The Bertz CT molecular complexity index is 687. The molecular formula is C13H16N2O4S. The van der Waals surface area contributed by atoms with Crippen molar-refractivity contribution in [2.75, 3.05) is 6.54 Å². The van der Waals surface area contributed by atoms with Crippen LogP contribution in [0, 0.1) is 0 Å². The van der Waals surface area contributed by atoms with E-state index in [0.29, 0.717) is 5.56 Å². The molecule has 2 rings (SSSR count). The molecule has 0 bridgehead atoms. The molecule has 0 saturated carbocycles. The highest BCUT2D eigenvalue weighted by atomic mass is 32.2. The van der Waals surface area contributed by atoms with Crippen LogP contribution in [0.25, 0.3) is 0 Å². The number of carboxylic acid groups (broad SMARTS) is 1. The van der Waals surface area contributed by atoms with Gasteiger partial charge in [0.2, 0.25) is 0 Å². The summed E-state index contributed by atoms with van der Waals surface area (Å²) in [4.78, 5) is 12.6. The van der Waals surface area contributed by atoms with Crippen LogP contribution in [0.2, 0.25) is 0 Å². The average molecular weight is 296 g/mol. The first-order valence-electron chi connectivity index (χ1n) is 6.07. The van der Waals surface area contributed by atoms with Crippen molar-refractivity contribution in [3.63, 3.8) is 0 Å². The Morgan fingerprint density at radius 3 is 2.45 bits per heavy atom. The summed E-state index contributed by atoms with van der Waals surface area (Å²) in [7, 11) is -3.74. The van der Waals surface area contributed by atoms with E-state index < -0.39 is 21.5 Å². The summed E-state index contributed by atoms with van der Waals surface area (Å²) in [5.41, 5.74) is -0.117. The second kappa shape index (κ2) is 4.59. The van der Waals surface area contributed by atoms with Gasteiger partial charge in [0.25, 0.3) is 10.0 Å². The Morgan fingerprint density at radius 2 is 1.90 bits per heavy atom. The van der Waals surface area contributed by atoms with Crippen molar-refractivity contribution in [3.05, 3.63) is 29.8 Å². The molecule has 1 N–H and O–H groups in total. The number of hydrogen-bond acceptors (Lipinski definition) is 4. The van der Waals surface area contributed by atoms with Crippen molar-refractivity contribution < 1.29 is 18.3 Å². The molecule has 1 heterocycles. The molecule has 1 aromatic carbocycles.